The number of hydrogen-bond donors (Lipinski definition) is 0. The van der Waals surface area contributed by atoms with E-state index in [9.17, 15) is 0 Å². The summed E-state index contributed by atoms with van der Waals surface area (Å²) in [4.78, 5) is 0. The SMILES string of the molecule is CC(C)(C)c1ccc2c(c1)c1cc(C(C)(C)C)ccc1n2-c1ccc2c(c1)c1ccccc1n2-c1cc[c]([Sn]([c]2ccccc2)([c]2ccccc2)[c]2ccccc2)cc1.[2H]c1c([2H])c([2H])c2c(c1[2H])c1ccccc1n2-c1ccc2c(c1)c1ccccc1n2-c1cccc(C(c2ccccc2)(c2ccccc2)c2ccccc2)c1. The van der Waals surface area contributed by atoms with Crippen LogP contribution in [0.1, 0.15) is 80.4 Å². The third-order valence-electron chi connectivity index (χ3n) is 23.0. The maximum Gasteiger partial charge on any atom is 0.0702 e. The number of nitrogens with zero attached hydrogens (tertiary/aromatic N) is 4. The van der Waals surface area contributed by atoms with E-state index in [1.807, 2.05) is 28.8 Å². The average Bonchev–Trinajstić information content (AvgIpc) is 1.55. The van der Waals surface area contributed by atoms with Crippen LogP contribution < -0.4 is 14.3 Å². The molecule has 20 rings (SSSR count). The first kappa shape index (κ1) is 63.6. The molecule has 0 saturated carbocycles. The molecule has 0 spiro atoms. The Morgan fingerprint density at radius 3 is 0.927 bits per heavy atom. The summed E-state index contributed by atoms with van der Waals surface area (Å²) >= 11 is -3.73. The molecule has 4 aromatic heterocycles. The van der Waals surface area contributed by atoms with Gasteiger partial charge in [0.05, 0.1) is 33.0 Å². The Morgan fingerprint density at radius 2 is 0.509 bits per heavy atom. The molecule has 0 aliphatic carbocycles. The molecule has 528 valence electrons. The fourth-order valence-corrected chi connectivity index (χ4v) is 31.3. The van der Waals surface area contributed by atoms with E-state index >= 15 is 0 Å². The maximum absolute atomic E-state index is 9.00. The Labute approximate surface area is 653 Å². The Hall–Kier alpha value is -12.5. The van der Waals surface area contributed by atoms with Gasteiger partial charge in [0.15, 0.2) is 0 Å². The summed E-state index contributed by atoms with van der Waals surface area (Å²) in [6.07, 6.45) is 0. The van der Waals surface area contributed by atoms with Crippen LogP contribution in [0.5, 0.6) is 0 Å². The van der Waals surface area contributed by atoms with Gasteiger partial charge in [-0.05, 0) is 105 Å². The van der Waals surface area contributed by atoms with Gasteiger partial charge in [-0.2, -0.15) is 0 Å². The van der Waals surface area contributed by atoms with Crippen LogP contribution in [0.15, 0.2) is 400 Å². The van der Waals surface area contributed by atoms with Crippen molar-refractivity contribution in [2.75, 3.05) is 0 Å². The first-order valence-corrected chi connectivity index (χ1v) is 43.9. The van der Waals surface area contributed by atoms with Gasteiger partial charge in [-0.15, -0.1) is 0 Å². The Bertz CT molecular complexity index is 6810. The molecule has 4 nitrogen and oxygen atoms in total. The second-order valence-corrected chi connectivity index (χ2v) is 42.1. The van der Waals surface area contributed by atoms with Crippen LogP contribution in [0.2, 0.25) is 0 Å². The van der Waals surface area contributed by atoms with Crippen molar-refractivity contribution in [1.82, 2.24) is 18.3 Å². The van der Waals surface area contributed by atoms with Crippen molar-refractivity contribution >= 4 is 120 Å². The zero-order chi connectivity index (χ0) is 77.8. The van der Waals surface area contributed by atoms with Gasteiger partial charge < -0.3 is 9.13 Å². The number of hydrogen-bond acceptors (Lipinski definition) is 0. The Kier molecular flexibility index (Phi) is 15.8. The van der Waals surface area contributed by atoms with Crippen molar-refractivity contribution in [3.8, 4) is 22.7 Å². The molecule has 0 bridgehead atoms. The second-order valence-electron chi connectivity index (χ2n) is 31.3. The van der Waals surface area contributed by atoms with Crippen LogP contribution in [-0.4, -0.2) is 36.6 Å². The van der Waals surface area contributed by atoms with Crippen LogP contribution in [0, 0.1) is 0 Å². The minimum Gasteiger partial charge on any atom is -0.309 e. The molecule has 0 unspecified atom stereocenters. The van der Waals surface area contributed by atoms with E-state index in [2.05, 4.69) is 407 Å². The average molecular weight is 1520 g/mol. The van der Waals surface area contributed by atoms with Crippen LogP contribution in [0.25, 0.3) is 110 Å². The summed E-state index contributed by atoms with van der Waals surface area (Å²) in [5.74, 6) is 0. The molecule has 20 aromatic rings. The molecular weight excluding hydrogens is 1440 g/mol. The van der Waals surface area contributed by atoms with Crippen LogP contribution in [-0.2, 0) is 16.2 Å². The molecule has 16 aromatic carbocycles. The molecule has 110 heavy (non-hydrogen) atoms. The zero-order valence-electron chi connectivity index (χ0n) is 66.6. The van der Waals surface area contributed by atoms with E-state index in [1.54, 1.807) is 0 Å². The molecule has 0 atom stereocenters. The minimum absolute atomic E-state index is 0.0268. The van der Waals surface area contributed by atoms with Gasteiger partial charge in [-0.3, -0.25) is 0 Å². The standard InChI is InChI=1S/C49H34N2.C38H35N2.3C6H5.Sn/c1-4-17-35(18-5-1)49(36-19-6-2-7-20-36,37-21-8-3-9-22-37)38-23-16-24-39(33-38)50-47-30-15-12-27-43(47)44-34-40(31-32-48(44)50)51-45-28-13-10-25-41(45)42-26-11-14-29-46(42)51;1-37(2,3)25-16-19-34-30(22-25)31-23-26(38(4,5)6)17-20-35(31)40(34)28-18-21-36-32(24-28)29-14-10-11-15-33(29)39(36)27-12-8-7-9-13-27;3*1-2-4-6-5-3-1;/h1-34H;8-24H,1-6H3;3*1-5H;/i10D,13D,25D,28D;;;;;. The largest absolute Gasteiger partial charge is 0.309 e. The van der Waals surface area contributed by atoms with E-state index in [-0.39, 0.29) is 35.0 Å². The van der Waals surface area contributed by atoms with E-state index in [0.29, 0.717) is 10.9 Å². The molecule has 0 saturated heterocycles. The van der Waals surface area contributed by atoms with Crippen molar-refractivity contribution in [2.24, 2.45) is 0 Å². The normalized spacial score (nSPS) is 12.8. The molecule has 4 heterocycles. The minimum atomic E-state index is -3.73. The Morgan fingerprint density at radius 1 is 0.209 bits per heavy atom. The summed E-state index contributed by atoms with van der Waals surface area (Å²) in [6.45, 7) is 13.8. The smallest absolute Gasteiger partial charge is 0.0702 e. The molecule has 0 aliphatic rings. The topological polar surface area (TPSA) is 19.7 Å². The number of aromatic nitrogens is 4. The quantitative estimate of drug-likeness (QED) is 0.0858. The van der Waals surface area contributed by atoms with Gasteiger partial charge in [-0.25, -0.2) is 0 Å². The van der Waals surface area contributed by atoms with E-state index in [1.165, 1.54) is 97.1 Å². The van der Waals surface area contributed by atoms with Crippen LogP contribution >= 0.6 is 0 Å². The first-order valence-electron chi connectivity index (χ1n) is 40.2. The molecule has 0 radical (unpaired) electrons. The van der Waals surface area contributed by atoms with Crippen molar-refractivity contribution in [3.63, 3.8) is 0 Å². The monoisotopic (exact) mass is 1520 g/mol. The van der Waals surface area contributed by atoms with Gasteiger partial charge in [-0.1, -0.05) is 211 Å². The van der Waals surface area contributed by atoms with E-state index in [0.717, 1.165) is 49.6 Å². The molecule has 0 fully saturated rings. The summed E-state index contributed by atoms with van der Waals surface area (Å²) in [5, 5.41) is 8.58. The van der Waals surface area contributed by atoms with Crippen LogP contribution in [0.3, 0.4) is 0 Å². The van der Waals surface area contributed by atoms with Gasteiger partial charge in [0.25, 0.3) is 0 Å². The predicted molar refractivity (Wildman–Crippen MR) is 470 cm³/mol. The maximum atomic E-state index is 9.00. The predicted octanol–water partition coefficient (Wildman–Crippen LogP) is 24.1. The fourth-order valence-electron chi connectivity index (χ4n) is 17.8. The molecule has 0 N–H and O–H groups in total. The number of fused-ring (bicyclic) bond motifs is 12. The van der Waals surface area contributed by atoms with Crippen molar-refractivity contribution in [3.05, 3.63) is 434 Å². The van der Waals surface area contributed by atoms with E-state index in [4.69, 9.17) is 5.48 Å². The third-order valence-corrected chi connectivity index (χ3v) is 36.7. The second kappa shape index (κ2) is 27.3. The fraction of sp³-hybridized carbons (Fsp3) is 0.0857. The molecule has 0 amide bonds. The summed E-state index contributed by atoms with van der Waals surface area (Å²) in [7, 11) is 0. The van der Waals surface area contributed by atoms with Crippen molar-refractivity contribution in [2.45, 2.75) is 57.8 Å². The zero-order valence-corrected chi connectivity index (χ0v) is 65.4. The van der Waals surface area contributed by atoms with Crippen LogP contribution in [0.4, 0.5) is 0 Å². The van der Waals surface area contributed by atoms with Crippen molar-refractivity contribution < 1.29 is 5.48 Å². The molecule has 0 aliphatic heterocycles. The van der Waals surface area contributed by atoms with Gasteiger partial charge in [0.1, 0.15) is 0 Å². The Balaban J connectivity index is 0.000000153. The van der Waals surface area contributed by atoms with Crippen molar-refractivity contribution in [1.29, 1.82) is 0 Å². The summed E-state index contributed by atoms with van der Waals surface area (Å²) < 4.78 is 49.9. The number of rotatable bonds is 12. The van der Waals surface area contributed by atoms with Gasteiger partial charge >= 0.3 is 267 Å². The van der Waals surface area contributed by atoms with Gasteiger partial charge in [0.2, 0.25) is 0 Å². The third kappa shape index (κ3) is 11.2. The molecular formula is C105H84N4Sn. The van der Waals surface area contributed by atoms with Gasteiger partial charge in [0, 0.05) is 32.9 Å². The number of para-hydroxylation sites is 4. The molecule has 5 heteroatoms. The first-order chi connectivity index (χ1) is 55.5. The number of benzene rings is 16. The summed E-state index contributed by atoms with van der Waals surface area (Å²) in [5.41, 5.74) is 19.4. The van der Waals surface area contributed by atoms with E-state index < -0.39 is 23.8 Å². The summed E-state index contributed by atoms with van der Waals surface area (Å²) in [6, 6.07) is 137.